The van der Waals surface area contributed by atoms with Crippen LogP contribution < -0.4 is 4.74 Å². The summed E-state index contributed by atoms with van der Waals surface area (Å²) in [6.45, 7) is 5.98. The molecule has 5 aromatic rings. The molecular formula is C28H23NO3S. The van der Waals surface area contributed by atoms with Crippen molar-refractivity contribution in [3.05, 3.63) is 95.1 Å². The molecule has 0 aliphatic heterocycles. The van der Waals surface area contributed by atoms with E-state index < -0.39 is 5.97 Å². The lowest BCUT2D eigenvalue weighted by molar-refractivity contribution is 0.0698. The summed E-state index contributed by atoms with van der Waals surface area (Å²) in [5.74, 6) is -0.471. The standard InChI is InChI=1S/C28H23NO3S/c1-16-13-14-23(32-18(3)19-9-5-4-6-10-19)25-21(28(30)31)15-22(29-26(16)25)27-17(2)20-11-7-8-12-24(20)33-27/h4-15,18H,1-3H3,(H,30,31)/t18-/m0/s1. The van der Waals surface area contributed by atoms with Crippen LogP contribution in [0.1, 0.15) is 40.1 Å². The Bertz CT molecular complexity index is 1500. The molecule has 2 aromatic heterocycles. The normalized spacial score (nSPS) is 12.2. The molecule has 0 bridgehead atoms. The van der Waals surface area contributed by atoms with E-state index in [-0.39, 0.29) is 11.7 Å². The number of carboxylic acids is 1. The topological polar surface area (TPSA) is 59.4 Å². The van der Waals surface area contributed by atoms with Gasteiger partial charge in [-0.1, -0.05) is 54.6 Å². The third-order valence-corrected chi connectivity index (χ3v) is 7.30. The minimum Gasteiger partial charge on any atom is -0.485 e. The molecule has 0 fully saturated rings. The van der Waals surface area contributed by atoms with Crippen LogP contribution in [0.25, 0.3) is 31.6 Å². The van der Waals surface area contributed by atoms with Gasteiger partial charge in [-0.05, 0) is 61.0 Å². The number of fused-ring (bicyclic) bond motifs is 2. The molecule has 0 saturated carbocycles. The smallest absolute Gasteiger partial charge is 0.336 e. The molecule has 0 saturated heterocycles. The summed E-state index contributed by atoms with van der Waals surface area (Å²) < 4.78 is 7.44. The maximum absolute atomic E-state index is 12.4. The summed E-state index contributed by atoms with van der Waals surface area (Å²) in [5.41, 5.74) is 4.57. The van der Waals surface area contributed by atoms with Crippen LogP contribution in [0, 0.1) is 13.8 Å². The third kappa shape index (κ3) is 3.74. The molecule has 0 spiro atoms. The zero-order valence-electron chi connectivity index (χ0n) is 18.6. The number of ether oxygens (including phenoxy) is 1. The molecule has 0 aliphatic carbocycles. The Hall–Kier alpha value is -3.70. The highest BCUT2D eigenvalue weighted by Crippen LogP contribution is 2.40. The molecule has 3 aromatic carbocycles. The molecule has 5 rings (SSSR count). The maximum Gasteiger partial charge on any atom is 0.336 e. The molecule has 4 nitrogen and oxygen atoms in total. The first kappa shape index (κ1) is 21.2. The first-order chi connectivity index (χ1) is 15.9. The summed E-state index contributed by atoms with van der Waals surface area (Å²) in [4.78, 5) is 18.3. The lowest BCUT2D eigenvalue weighted by Gasteiger charge is -2.18. The van der Waals surface area contributed by atoms with E-state index in [0.29, 0.717) is 22.3 Å². The Labute approximate surface area is 196 Å². The molecule has 5 heteroatoms. The number of thiophene rings is 1. The number of aryl methyl sites for hydroxylation is 2. The van der Waals surface area contributed by atoms with E-state index in [4.69, 9.17) is 9.72 Å². The van der Waals surface area contributed by atoms with Gasteiger partial charge >= 0.3 is 5.97 Å². The van der Waals surface area contributed by atoms with Gasteiger partial charge in [0.2, 0.25) is 0 Å². The van der Waals surface area contributed by atoms with E-state index in [0.717, 1.165) is 26.3 Å². The number of hydrogen-bond donors (Lipinski definition) is 1. The number of nitrogens with zero attached hydrogens (tertiary/aromatic N) is 1. The van der Waals surface area contributed by atoms with E-state index in [2.05, 4.69) is 19.1 Å². The van der Waals surface area contributed by atoms with Crippen molar-refractivity contribution in [1.29, 1.82) is 0 Å². The summed E-state index contributed by atoms with van der Waals surface area (Å²) >= 11 is 1.64. The van der Waals surface area contributed by atoms with Gasteiger partial charge in [-0.25, -0.2) is 9.78 Å². The zero-order valence-corrected chi connectivity index (χ0v) is 19.4. The number of benzene rings is 3. The third-order valence-electron chi connectivity index (χ3n) is 6.00. The zero-order chi connectivity index (χ0) is 23.1. The summed E-state index contributed by atoms with van der Waals surface area (Å²) in [6, 6.07) is 23.6. The lowest BCUT2D eigenvalue weighted by Crippen LogP contribution is -2.07. The molecule has 1 N–H and O–H groups in total. The molecule has 0 unspecified atom stereocenters. The van der Waals surface area contributed by atoms with E-state index in [1.807, 2.05) is 68.4 Å². The number of hydrogen-bond acceptors (Lipinski definition) is 4. The summed E-state index contributed by atoms with van der Waals surface area (Å²) in [7, 11) is 0. The van der Waals surface area contributed by atoms with Gasteiger partial charge in [0.1, 0.15) is 11.9 Å². The Balaban J connectivity index is 1.70. The molecule has 0 radical (unpaired) electrons. The van der Waals surface area contributed by atoms with Crippen LogP contribution in [0.4, 0.5) is 0 Å². The van der Waals surface area contributed by atoms with Crippen LogP contribution >= 0.6 is 11.3 Å². The van der Waals surface area contributed by atoms with Gasteiger partial charge in [-0.2, -0.15) is 0 Å². The number of rotatable bonds is 5. The number of pyridine rings is 1. The highest BCUT2D eigenvalue weighted by atomic mass is 32.1. The molecular weight excluding hydrogens is 430 g/mol. The fraction of sp³-hybridized carbons (Fsp3) is 0.143. The minimum absolute atomic E-state index is 0.200. The largest absolute Gasteiger partial charge is 0.485 e. The quantitative estimate of drug-likeness (QED) is 0.298. The average Bonchev–Trinajstić information content (AvgIpc) is 3.17. The molecule has 0 amide bonds. The van der Waals surface area contributed by atoms with Crippen molar-refractivity contribution in [3.8, 4) is 16.3 Å². The lowest BCUT2D eigenvalue weighted by atomic mass is 10.0. The van der Waals surface area contributed by atoms with Crippen LogP contribution in [0.15, 0.2) is 72.8 Å². The Morgan fingerprint density at radius 2 is 1.73 bits per heavy atom. The van der Waals surface area contributed by atoms with E-state index in [1.54, 1.807) is 17.4 Å². The van der Waals surface area contributed by atoms with Crippen molar-refractivity contribution in [2.75, 3.05) is 0 Å². The van der Waals surface area contributed by atoms with Crippen molar-refractivity contribution in [2.45, 2.75) is 26.9 Å². The van der Waals surface area contributed by atoms with Crippen molar-refractivity contribution >= 4 is 38.3 Å². The van der Waals surface area contributed by atoms with Gasteiger partial charge in [0, 0.05) is 4.70 Å². The fourth-order valence-electron chi connectivity index (χ4n) is 4.23. The maximum atomic E-state index is 12.4. The van der Waals surface area contributed by atoms with Crippen molar-refractivity contribution < 1.29 is 14.6 Å². The SMILES string of the molecule is Cc1c(-c2cc(C(=O)O)c3c(O[C@@H](C)c4ccccc4)ccc(C)c3n2)sc2ccccc12. The van der Waals surface area contributed by atoms with Crippen molar-refractivity contribution in [1.82, 2.24) is 4.98 Å². The van der Waals surface area contributed by atoms with Crippen molar-refractivity contribution in [2.24, 2.45) is 0 Å². The van der Waals surface area contributed by atoms with Crippen LogP contribution in [0.5, 0.6) is 5.75 Å². The first-order valence-electron chi connectivity index (χ1n) is 10.8. The molecule has 33 heavy (non-hydrogen) atoms. The van der Waals surface area contributed by atoms with Crippen LogP contribution in [0.3, 0.4) is 0 Å². The van der Waals surface area contributed by atoms with Crippen molar-refractivity contribution in [3.63, 3.8) is 0 Å². The summed E-state index contributed by atoms with van der Waals surface area (Å²) in [6.07, 6.45) is -0.233. The fourth-order valence-corrected chi connectivity index (χ4v) is 5.40. The highest BCUT2D eigenvalue weighted by Gasteiger charge is 2.21. The second-order valence-corrected chi connectivity index (χ2v) is 9.24. The van der Waals surface area contributed by atoms with E-state index in [9.17, 15) is 9.90 Å². The van der Waals surface area contributed by atoms with E-state index >= 15 is 0 Å². The number of carboxylic acid groups (broad SMARTS) is 1. The van der Waals surface area contributed by atoms with E-state index in [1.165, 1.54) is 5.39 Å². The molecule has 1 atom stereocenters. The van der Waals surface area contributed by atoms with Gasteiger partial charge < -0.3 is 9.84 Å². The van der Waals surface area contributed by atoms with Gasteiger partial charge in [-0.15, -0.1) is 11.3 Å². The monoisotopic (exact) mass is 453 g/mol. The minimum atomic E-state index is -0.995. The van der Waals surface area contributed by atoms with Crippen LogP contribution in [-0.2, 0) is 0 Å². The van der Waals surface area contributed by atoms with Gasteiger partial charge in [0.25, 0.3) is 0 Å². The molecule has 164 valence electrons. The number of aromatic carboxylic acids is 1. The first-order valence-corrected chi connectivity index (χ1v) is 11.6. The second-order valence-electron chi connectivity index (χ2n) is 8.19. The average molecular weight is 454 g/mol. The Morgan fingerprint density at radius 3 is 2.45 bits per heavy atom. The highest BCUT2D eigenvalue weighted by molar-refractivity contribution is 7.22. The summed E-state index contributed by atoms with van der Waals surface area (Å²) in [5, 5.41) is 11.9. The van der Waals surface area contributed by atoms with Crippen LogP contribution in [0.2, 0.25) is 0 Å². The van der Waals surface area contributed by atoms with Gasteiger partial charge in [-0.3, -0.25) is 0 Å². The Kier molecular flexibility index (Phi) is 5.35. The predicted molar refractivity (Wildman–Crippen MR) is 134 cm³/mol. The van der Waals surface area contributed by atoms with Gasteiger partial charge in [0.05, 0.1) is 27.0 Å². The second kappa shape index (κ2) is 8.34. The number of carbonyl (C=O) groups is 1. The predicted octanol–water partition coefficient (Wildman–Crippen LogP) is 7.57. The number of aromatic nitrogens is 1. The van der Waals surface area contributed by atoms with Crippen LogP contribution in [-0.4, -0.2) is 16.1 Å². The molecule has 2 heterocycles. The Morgan fingerprint density at radius 1 is 1.00 bits per heavy atom. The molecule has 0 aliphatic rings. The van der Waals surface area contributed by atoms with Gasteiger partial charge in [0.15, 0.2) is 0 Å².